The molecule has 0 unspecified atom stereocenters. The van der Waals surface area contributed by atoms with Gasteiger partial charge in [-0.25, -0.2) is 14.1 Å². The molecule has 4 rings (SSSR count). The first-order valence-corrected chi connectivity index (χ1v) is 13.0. The summed E-state index contributed by atoms with van der Waals surface area (Å²) < 4.78 is 25.8. The minimum absolute atomic E-state index is 0.0571. The molecule has 11 heteroatoms. The summed E-state index contributed by atoms with van der Waals surface area (Å²) in [4.78, 5) is 38.6. The van der Waals surface area contributed by atoms with Gasteiger partial charge in [-0.1, -0.05) is 24.3 Å². The fraction of sp³-hybridized carbons (Fsp3) is 0.115. The Balaban J connectivity index is 1.44. The van der Waals surface area contributed by atoms with Crippen molar-refractivity contribution < 1.29 is 28.2 Å². The van der Waals surface area contributed by atoms with Gasteiger partial charge in [-0.3, -0.25) is 9.59 Å². The topological polar surface area (TPSA) is 97.0 Å². The molecule has 0 saturated carbocycles. The van der Waals surface area contributed by atoms with Crippen molar-refractivity contribution in [1.29, 1.82) is 0 Å². The predicted octanol–water partition coefficient (Wildman–Crippen LogP) is 5.15. The molecular weight excluding hydrogens is 707 g/mol. The average molecular weight is 727 g/mol. The third-order valence-corrected chi connectivity index (χ3v) is 6.88. The third-order valence-electron chi connectivity index (χ3n) is 5.27. The number of benzene rings is 3. The number of urea groups is 1. The Morgan fingerprint density at radius 2 is 1.76 bits per heavy atom. The highest BCUT2D eigenvalue weighted by molar-refractivity contribution is 14.1. The van der Waals surface area contributed by atoms with Gasteiger partial charge in [-0.15, -0.1) is 0 Å². The summed E-state index contributed by atoms with van der Waals surface area (Å²) in [7, 11) is 1.48. The zero-order valence-electron chi connectivity index (χ0n) is 19.4. The number of amides is 4. The fourth-order valence-corrected chi connectivity index (χ4v) is 5.63. The van der Waals surface area contributed by atoms with Crippen LogP contribution in [0.25, 0.3) is 6.08 Å². The van der Waals surface area contributed by atoms with E-state index in [9.17, 15) is 18.8 Å². The first-order valence-electron chi connectivity index (χ1n) is 10.9. The highest BCUT2D eigenvalue weighted by Crippen LogP contribution is 2.31. The second-order valence-electron chi connectivity index (χ2n) is 7.86. The summed E-state index contributed by atoms with van der Waals surface area (Å²) in [6.07, 6.45) is 1.55. The zero-order chi connectivity index (χ0) is 26.5. The van der Waals surface area contributed by atoms with Gasteiger partial charge < -0.3 is 20.1 Å². The van der Waals surface area contributed by atoms with Gasteiger partial charge in [-0.2, -0.15) is 0 Å². The van der Waals surface area contributed by atoms with Gasteiger partial charge in [0, 0.05) is 0 Å². The van der Waals surface area contributed by atoms with Crippen molar-refractivity contribution in [3.63, 3.8) is 0 Å². The molecule has 190 valence electrons. The minimum Gasteiger partial charge on any atom is -0.495 e. The van der Waals surface area contributed by atoms with Crippen LogP contribution in [0.2, 0.25) is 0 Å². The van der Waals surface area contributed by atoms with Crippen molar-refractivity contribution in [2.45, 2.75) is 6.61 Å². The van der Waals surface area contributed by atoms with Gasteiger partial charge in [0.2, 0.25) is 5.91 Å². The molecular formula is C26H20FI2N3O5. The number of nitrogens with zero attached hydrogens (tertiary/aromatic N) is 1. The van der Waals surface area contributed by atoms with E-state index in [2.05, 4.69) is 55.8 Å². The summed E-state index contributed by atoms with van der Waals surface area (Å²) in [5.41, 5.74) is 1.99. The van der Waals surface area contributed by atoms with Crippen molar-refractivity contribution >= 4 is 74.8 Å². The second-order valence-corrected chi connectivity index (χ2v) is 10.2. The molecule has 0 bridgehead atoms. The lowest BCUT2D eigenvalue weighted by Gasteiger charge is -2.13. The number of halogens is 3. The maximum absolute atomic E-state index is 13.1. The van der Waals surface area contributed by atoms with E-state index < -0.39 is 24.4 Å². The van der Waals surface area contributed by atoms with Crippen molar-refractivity contribution in [2.24, 2.45) is 0 Å². The van der Waals surface area contributed by atoms with Crippen LogP contribution in [0.4, 0.5) is 14.9 Å². The average Bonchev–Trinajstić information content (AvgIpc) is 3.12. The monoisotopic (exact) mass is 727 g/mol. The van der Waals surface area contributed by atoms with Crippen molar-refractivity contribution in [2.75, 3.05) is 19.0 Å². The Hall–Kier alpha value is -3.20. The highest BCUT2D eigenvalue weighted by atomic mass is 127. The number of hydrogen-bond acceptors (Lipinski definition) is 5. The number of anilines is 1. The van der Waals surface area contributed by atoms with Gasteiger partial charge in [0.05, 0.1) is 19.9 Å². The van der Waals surface area contributed by atoms with Crippen LogP contribution in [0.15, 0.2) is 66.4 Å². The number of para-hydroxylation sites is 2. The Bertz CT molecular complexity index is 1370. The molecule has 0 atom stereocenters. The number of hydrogen-bond donors (Lipinski definition) is 2. The zero-order valence-corrected chi connectivity index (χ0v) is 23.7. The maximum Gasteiger partial charge on any atom is 0.329 e. The van der Waals surface area contributed by atoms with Crippen LogP contribution >= 0.6 is 45.2 Å². The maximum atomic E-state index is 13.1. The Morgan fingerprint density at radius 1 is 1.08 bits per heavy atom. The molecule has 1 aliphatic heterocycles. The van der Waals surface area contributed by atoms with Gasteiger partial charge in [0.25, 0.3) is 5.91 Å². The summed E-state index contributed by atoms with van der Waals surface area (Å²) in [6.45, 7) is -0.182. The standard InChI is InChI=1S/C26H20FI2N3O5/c1-36-22-5-3-2-4-20(22)30-23(33)13-32-25(34)21(31-26(32)35)12-16-10-18(28)24(19(29)11-16)37-14-15-6-8-17(27)9-7-15/h2-12H,13-14H2,1H3,(H,30,33)(H,31,35)/b21-12+. The van der Waals surface area contributed by atoms with Crippen LogP contribution in [0.5, 0.6) is 11.5 Å². The molecule has 0 radical (unpaired) electrons. The van der Waals surface area contributed by atoms with Gasteiger partial charge in [-0.05, 0) is 98.8 Å². The molecule has 1 fully saturated rings. The molecule has 8 nitrogen and oxygen atoms in total. The number of imide groups is 1. The van der Waals surface area contributed by atoms with E-state index in [-0.39, 0.29) is 18.1 Å². The van der Waals surface area contributed by atoms with E-state index >= 15 is 0 Å². The first kappa shape index (κ1) is 26.9. The van der Waals surface area contributed by atoms with Crippen LogP contribution in [0.3, 0.4) is 0 Å². The van der Waals surface area contributed by atoms with Crippen LogP contribution in [-0.2, 0) is 16.2 Å². The Kier molecular flexibility index (Phi) is 8.63. The summed E-state index contributed by atoms with van der Waals surface area (Å²) >= 11 is 4.25. The van der Waals surface area contributed by atoms with E-state index in [0.29, 0.717) is 22.7 Å². The molecule has 0 aliphatic carbocycles. The van der Waals surface area contributed by atoms with Gasteiger partial charge >= 0.3 is 6.03 Å². The van der Waals surface area contributed by atoms with E-state index in [0.717, 1.165) is 17.6 Å². The Labute approximate surface area is 239 Å². The van der Waals surface area contributed by atoms with E-state index in [1.165, 1.54) is 19.2 Å². The number of nitrogens with one attached hydrogen (secondary N) is 2. The summed E-state index contributed by atoms with van der Waals surface area (Å²) in [5, 5.41) is 5.18. The quantitative estimate of drug-likeness (QED) is 0.190. The van der Waals surface area contributed by atoms with Crippen LogP contribution in [0.1, 0.15) is 11.1 Å². The van der Waals surface area contributed by atoms with Crippen LogP contribution in [0, 0.1) is 13.0 Å². The molecule has 3 aromatic rings. The number of ether oxygens (including phenoxy) is 2. The highest BCUT2D eigenvalue weighted by Gasteiger charge is 2.35. The molecule has 0 spiro atoms. The third kappa shape index (κ3) is 6.57. The molecule has 2 N–H and O–H groups in total. The van der Waals surface area contributed by atoms with Crippen molar-refractivity contribution in [1.82, 2.24) is 10.2 Å². The molecule has 3 aromatic carbocycles. The van der Waals surface area contributed by atoms with E-state index in [1.54, 1.807) is 42.5 Å². The number of methoxy groups -OCH3 is 1. The molecule has 0 aromatic heterocycles. The van der Waals surface area contributed by atoms with Gasteiger partial charge in [0.1, 0.15) is 36.2 Å². The van der Waals surface area contributed by atoms with Crippen molar-refractivity contribution in [3.8, 4) is 11.5 Å². The SMILES string of the molecule is COc1ccccc1NC(=O)CN1C(=O)N/C(=C/c2cc(I)c(OCc3ccc(F)cc3)c(I)c2)C1=O. The number of carbonyl (C=O) groups is 3. The minimum atomic E-state index is -0.685. The van der Waals surface area contributed by atoms with Crippen LogP contribution in [-0.4, -0.2) is 36.4 Å². The normalized spacial score (nSPS) is 14.1. The summed E-state index contributed by atoms with van der Waals surface area (Å²) in [6, 6.07) is 15.8. The Morgan fingerprint density at radius 3 is 2.43 bits per heavy atom. The predicted molar refractivity (Wildman–Crippen MR) is 152 cm³/mol. The van der Waals surface area contributed by atoms with Crippen LogP contribution < -0.4 is 20.1 Å². The largest absolute Gasteiger partial charge is 0.495 e. The molecule has 1 heterocycles. The fourth-order valence-electron chi connectivity index (χ4n) is 3.50. The smallest absolute Gasteiger partial charge is 0.329 e. The lowest BCUT2D eigenvalue weighted by molar-refractivity contribution is -0.127. The van der Waals surface area contributed by atoms with E-state index in [4.69, 9.17) is 9.47 Å². The van der Waals surface area contributed by atoms with E-state index in [1.807, 2.05) is 12.1 Å². The lowest BCUT2D eigenvalue weighted by Crippen LogP contribution is -2.38. The number of rotatable bonds is 8. The second kappa shape index (κ2) is 11.9. The molecule has 1 saturated heterocycles. The van der Waals surface area contributed by atoms with Crippen molar-refractivity contribution in [3.05, 3.63) is 90.4 Å². The first-order chi connectivity index (χ1) is 17.7. The summed E-state index contributed by atoms with van der Waals surface area (Å²) in [5.74, 6) is -0.343. The molecule has 1 aliphatic rings. The van der Waals surface area contributed by atoms with Gasteiger partial charge in [0.15, 0.2) is 0 Å². The lowest BCUT2D eigenvalue weighted by atomic mass is 10.2. The molecule has 4 amide bonds. The number of carbonyl (C=O) groups excluding carboxylic acids is 3. The molecule has 37 heavy (non-hydrogen) atoms.